The number of aromatic nitrogens is 2. The average molecular weight is 238 g/mol. The first kappa shape index (κ1) is 13.7. The molecule has 0 bridgehead atoms. The Balaban J connectivity index is 2.46. The van der Waals surface area contributed by atoms with Gasteiger partial charge in [-0.3, -0.25) is 9.48 Å². The van der Waals surface area contributed by atoms with Crippen LogP contribution in [0.3, 0.4) is 0 Å². The fourth-order valence-electron chi connectivity index (χ4n) is 1.62. The van der Waals surface area contributed by atoms with Gasteiger partial charge < -0.3 is 10.6 Å². The summed E-state index contributed by atoms with van der Waals surface area (Å²) in [5.74, 6) is -0.0412. The number of nitrogens with zero attached hydrogens (tertiary/aromatic N) is 2. The predicted molar refractivity (Wildman–Crippen MR) is 68.1 cm³/mol. The highest BCUT2D eigenvalue weighted by molar-refractivity contribution is 5.95. The molecule has 0 fully saturated rings. The lowest BCUT2D eigenvalue weighted by molar-refractivity contribution is 0.0952. The number of rotatable bonds is 6. The lowest BCUT2D eigenvalue weighted by Gasteiger charge is -2.08. The van der Waals surface area contributed by atoms with Crippen LogP contribution in [0.5, 0.6) is 0 Å². The first-order valence-corrected chi connectivity index (χ1v) is 6.08. The molecule has 17 heavy (non-hydrogen) atoms. The molecule has 1 amide bonds. The Hall–Kier alpha value is -1.36. The number of carbonyl (C=O) groups is 1. The molecule has 0 aliphatic heterocycles. The highest BCUT2D eigenvalue weighted by Crippen LogP contribution is 2.06. The van der Waals surface area contributed by atoms with Crippen molar-refractivity contribution in [2.24, 2.45) is 7.05 Å². The summed E-state index contributed by atoms with van der Waals surface area (Å²) in [4.78, 5) is 11.9. The Labute approximate surface area is 103 Å². The molecule has 1 aromatic rings. The predicted octanol–water partition coefficient (Wildman–Crippen LogP) is 0.710. The van der Waals surface area contributed by atoms with Crippen molar-refractivity contribution in [2.75, 3.05) is 13.1 Å². The van der Waals surface area contributed by atoms with Gasteiger partial charge in [0.15, 0.2) is 0 Å². The molecule has 0 aliphatic carbocycles. The summed E-state index contributed by atoms with van der Waals surface area (Å²) in [7, 11) is 1.83. The van der Waals surface area contributed by atoms with Crippen molar-refractivity contribution in [3.63, 3.8) is 0 Å². The highest BCUT2D eigenvalue weighted by atomic mass is 16.1. The van der Waals surface area contributed by atoms with Gasteiger partial charge in [0.2, 0.25) is 0 Å². The molecule has 0 atom stereocenters. The standard InChI is InChI=1S/C12H22N4O/c1-5-11-10(8-16(4)15-11)12(17)14-7-6-13-9(2)3/h8-9,13H,5-7H2,1-4H3,(H,14,17). The number of hydrogen-bond acceptors (Lipinski definition) is 3. The second kappa shape index (κ2) is 6.39. The maximum Gasteiger partial charge on any atom is 0.254 e. The number of aryl methyl sites for hydroxylation is 2. The van der Waals surface area contributed by atoms with E-state index in [0.29, 0.717) is 18.2 Å². The number of carbonyl (C=O) groups excluding carboxylic acids is 1. The van der Waals surface area contributed by atoms with Crippen molar-refractivity contribution in [1.82, 2.24) is 20.4 Å². The first-order chi connectivity index (χ1) is 8.04. The van der Waals surface area contributed by atoms with E-state index in [-0.39, 0.29) is 5.91 Å². The Morgan fingerprint density at radius 1 is 1.47 bits per heavy atom. The van der Waals surface area contributed by atoms with Crippen LogP contribution in [-0.4, -0.2) is 34.8 Å². The summed E-state index contributed by atoms with van der Waals surface area (Å²) in [6.45, 7) is 7.58. The Morgan fingerprint density at radius 3 is 2.76 bits per heavy atom. The van der Waals surface area contributed by atoms with Crippen LogP contribution in [0.4, 0.5) is 0 Å². The lowest BCUT2D eigenvalue weighted by Crippen LogP contribution is -2.34. The zero-order valence-corrected chi connectivity index (χ0v) is 11.1. The maximum absolute atomic E-state index is 11.9. The van der Waals surface area contributed by atoms with E-state index in [4.69, 9.17) is 0 Å². The van der Waals surface area contributed by atoms with E-state index < -0.39 is 0 Å². The van der Waals surface area contributed by atoms with Crippen LogP contribution in [0, 0.1) is 0 Å². The van der Waals surface area contributed by atoms with Gasteiger partial charge in [0.1, 0.15) is 0 Å². The minimum absolute atomic E-state index is 0.0412. The van der Waals surface area contributed by atoms with E-state index in [9.17, 15) is 4.79 Å². The van der Waals surface area contributed by atoms with Gasteiger partial charge in [0.25, 0.3) is 5.91 Å². The number of amides is 1. The molecular formula is C12H22N4O. The first-order valence-electron chi connectivity index (χ1n) is 6.08. The molecule has 5 nitrogen and oxygen atoms in total. The summed E-state index contributed by atoms with van der Waals surface area (Å²) in [6.07, 6.45) is 2.54. The molecule has 5 heteroatoms. The minimum Gasteiger partial charge on any atom is -0.351 e. The van der Waals surface area contributed by atoms with Gasteiger partial charge in [-0.1, -0.05) is 20.8 Å². The van der Waals surface area contributed by atoms with Crippen molar-refractivity contribution < 1.29 is 4.79 Å². The largest absolute Gasteiger partial charge is 0.351 e. The van der Waals surface area contributed by atoms with E-state index >= 15 is 0 Å². The van der Waals surface area contributed by atoms with E-state index in [1.165, 1.54) is 0 Å². The van der Waals surface area contributed by atoms with E-state index in [1.807, 2.05) is 14.0 Å². The molecule has 0 unspecified atom stereocenters. The highest BCUT2D eigenvalue weighted by Gasteiger charge is 2.13. The van der Waals surface area contributed by atoms with Crippen LogP contribution in [-0.2, 0) is 13.5 Å². The molecule has 2 N–H and O–H groups in total. The van der Waals surface area contributed by atoms with Gasteiger partial charge >= 0.3 is 0 Å². The maximum atomic E-state index is 11.9. The average Bonchev–Trinajstić information content (AvgIpc) is 2.65. The zero-order chi connectivity index (χ0) is 12.8. The molecule has 96 valence electrons. The summed E-state index contributed by atoms with van der Waals surface area (Å²) in [6, 6.07) is 0.441. The molecular weight excluding hydrogens is 216 g/mol. The number of nitrogens with one attached hydrogen (secondary N) is 2. The van der Waals surface area contributed by atoms with Crippen LogP contribution in [0.1, 0.15) is 36.8 Å². The van der Waals surface area contributed by atoms with Crippen LogP contribution in [0.15, 0.2) is 6.20 Å². The number of hydrogen-bond donors (Lipinski definition) is 2. The van der Waals surface area contributed by atoms with Gasteiger partial charge in [-0.25, -0.2) is 0 Å². The zero-order valence-electron chi connectivity index (χ0n) is 11.1. The van der Waals surface area contributed by atoms with Crippen molar-refractivity contribution in [3.8, 4) is 0 Å². The summed E-state index contributed by atoms with van der Waals surface area (Å²) < 4.78 is 1.68. The summed E-state index contributed by atoms with van der Waals surface area (Å²) in [5.41, 5.74) is 1.53. The van der Waals surface area contributed by atoms with Gasteiger partial charge in [0.05, 0.1) is 11.3 Å². The Bertz CT molecular complexity index is 371. The van der Waals surface area contributed by atoms with Gasteiger partial charge in [-0.2, -0.15) is 5.10 Å². The SMILES string of the molecule is CCc1nn(C)cc1C(=O)NCCNC(C)C. The van der Waals surface area contributed by atoms with Crippen LogP contribution >= 0.6 is 0 Å². The van der Waals surface area contributed by atoms with Crippen molar-refractivity contribution >= 4 is 5.91 Å². The Kier molecular flexibility index (Phi) is 5.15. The Morgan fingerprint density at radius 2 is 2.18 bits per heavy atom. The summed E-state index contributed by atoms with van der Waals surface area (Å²) in [5, 5.41) is 10.4. The van der Waals surface area contributed by atoms with Crippen LogP contribution in [0.25, 0.3) is 0 Å². The molecule has 1 aromatic heterocycles. The van der Waals surface area contributed by atoms with Gasteiger partial charge in [-0.15, -0.1) is 0 Å². The summed E-state index contributed by atoms with van der Waals surface area (Å²) >= 11 is 0. The monoisotopic (exact) mass is 238 g/mol. The van der Waals surface area contributed by atoms with Gasteiger partial charge in [0, 0.05) is 32.4 Å². The van der Waals surface area contributed by atoms with Crippen molar-refractivity contribution in [3.05, 3.63) is 17.5 Å². The van der Waals surface area contributed by atoms with E-state index in [0.717, 1.165) is 18.7 Å². The fourth-order valence-corrected chi connectivity index (χ4v) is 1.62. The van der Waals surface area contributed by atoms with Crippen molar-refractivity contribution in [1.29, 1.82) is 0 Å². The molecule has 0 aliphatic rings. The second-order valence-electron chi connectivity index (χ2n) is 4.38. The van der Waals surface area contributed by atoms with Crippen LogP contribution < -0.4 is 10.6 Å². The third-order valence-corrected chi connectivity index (χ3v) is 2.45. The topological polar surface area (TPSA) is 59.0 Å². The molecule has 1 heterocycles. The fraction of sp³-hybridized carbons (Fsp3) is 0.667. The molecule has 0 aromatic carbocycles. The normalized spacial score (nSPS) is 10.9. The van der Waals surface area contributed by atoms with Crippen molar-refractivity contribution in [2.45, 2.75) is 33.2 Å². The molecule has 0 saturated carbocycles. The minimum atomic E-state index is -0.0412. The van der Waals surface area contributed by atoms with Crippen LogP contribution in [0.2, 0.25) is 0 Å². The molecule has 0 radical (unpaired) electrons. The molecule has 1 rings (SSSR count). The van der Waals surface area contributed by atoms with E-state index in [1.54, 1.807) is 10.9 Å². The molecule has 0 saturated heterocycles. The third kappa shape index (κ3) is 4.19. The van der Waals surface area contributed by atoms with Gasteiger partial charge in [-0.05, 0) is 6.42 Å². The quantitative estimate of drug-likeness (QED) is 0.718. The van der Waals surface area contributed by atoms with E-state index in [2.05, 4.69) is 29.6 Å². The smallest absolute Gasteiger partial charge is 0.254 e. The third-order valence-electron chi connectivity index (χ3n) is 2.45. The second-order valence-corrected chi connectivity index (χ2v) is 4.38. The lowest BCUT2D eigenvalue weighted by atomic mass is 10.2. The molecule has 0 spiro atoms.